The van der Waals surface area contributed by atoms with E-state index in [0.717, 1.165) is 13.1 Å². The number of nitrogens with zero attached hydrogens (tertiary/aromatic N) is 2. The second kappa shape index (κ2) is 8.19. The highest BCUT2D eigenvalue weighted by Gasteiger charge is 2.25. The first-order valence-electron chi connectivity index (χ1n) is 7.28. The van der Waals surface area contributed by atoms with Crippen LogP contribution in [0, 0.1) is 0 Å². The Kier molecular flexibility index (Phi) is 6.91. The molecule has 1 heterocycles. The molecule has 1 saturated heterocycles. The molecule has 7 nitrogen and oxygen atoms in total. The molecule has 0 unspecified atom stereocenters. The first kappa shape index (κ1) is 17.7. The number of hydrogen-bond acceptors (Lipinski definition) is 5. The number of ether oxygens (including phenoxy) is 2. The summed E-state index contributed by atoms with van der Waals surface area (Å²) in [5.74, 6) is -0.0218. The summed E-state index contributed by atoms with van der Waals surface area (Å²) in [6, 6.07) is 0. The molecule has 1 aliphatic heterocycles. The third-order valence-corrected chi connectivity index (χ3v) is 3.09. The van der Waals surface area contributed by atoms with Gasteiger partial charge in [-0.2, -0.15) is 0 Å². The lowest BCUT2D eigenvalue weighted by atomic mass is 10.2. The van der Waals surface area contributed by atoms with E-state index in [1.807, 2.05) is 20.8 Å². The minimum atomic E-state index is -0.465. The molecule has 1 N–H and O–H groups in total. The van der Waals surface area contributed by atoms with Crippen molar-refractivity contribution in [1.82, 2.24) is 15.1 Å². The maximum Gasteiger partial charge on any atom is 0.410 e. The van der Waals surface area contributed by atoms with Gasteiger partial charge in [-0.1, -0.05) is 0 Å². The molecule has 122 valence electrons. The zero-order chi connectivity index (χ0) is 15.9. The summed E-state index contributed by atoms with van der Waals surface area (Å²) in [6.45, 7) is 9.30. The average Bonchev–Trinajstić information content (AvgIpc) is 2.41. The van der Waals surface area contributed by atoms with Crippen LogP contribution in [-0.4, -0.2) is 74.0 Å². The predicted octanol–water partition coefficient (Wildman–Crippen LogP) is 0.649. The van der Waals surface area contributed by atoms with E-state index >= 15 is 0 Å². The van der Waals surface area contributed by atoms with E-state index < -0.39 is 5.60 Å². The highest BCUT2D eigenvalue weighted by Crippen LogP contribution is 2.11. The Balaban J connectivity index is 2.23. The van der Waals surface area contributed by atoms with E-state index in [-0.39, 0.29) is 18.7 Å². The molecule has 0 aromatic rings. The van der Waals surface area contributed by atoms with Crippen LogP contribution in [0.4, 0.5) is 4.79 Å². The summed E-state index contributed by atoms with van der Waals surface area (Å²) >= 11 is 0. The standard InChI is InChI=1S/C14H27N3O4/c1-14(2,3)21-13(19)17-9-7-16(8-10-17)6-5-12(18)15-11-20-4/h5-11H2,1-4H3,(H,15,18). The summed E-state index contributed by atoms with van der Waals surface area (Å²) in [4.78, 5) is 27.3. The fourth-order valence-electron chi connectivity index (χ4n) is 1.98. The van der Waals surface area contributed by atoms with Crippen LogP contribution in [0.1, 0.15) is 27.2 Å². The minimum absolute atomic E-state index is 0.0218. The van der Waals surface area contributed by atoms with Gasteiger partial charge in [0.15, 0.2) is 0 Å². The van der Waals surface area contributed by atoms with E-state index in [4.69, 9.17) is 9.47 Å². The van der Waals surface area contributed by atoms with Crippen molar-refractivity contribution < 1.29 is 19.1 Å². The van der Waals surface area contributed by atoms with E-state index in [2.05, 4.69) is 10.2 Å². The smallest absolute Gasteiger partial charge is 0.410 e. The van der Waals surface area contributed by atoms with Crippen molar-refractivity contribution in [1.29, 1.82) is 0 Å². The molecule has 0 aromatic carbocycles. The quantitative estimate of drug-likeness (QED) is 0.755. The van der Waals surface area contributed by atoms with Gasteiger partial charge >= 0.3 is 6.09 Å². The van der Waals surface area contributed by atoms with Crippen molar-refractivity contribution in [3.05, 3.63) is 0 Å². The number of carbonyl (C=O) groups is 2. The Bertz CT molecular complexity index is 347. The Morgan fingerprint density at radius 3 is 2.29 bits per heavy atom. The zero-order valence-electron chi connectivity index (χ0n) is 13.5. The summed E-state index contributed by atoms with van der Waals surface area (Å²) in [7, 11) is 1.54. The average molecular weight is 301 g/mol. The molecule has 0 radical (unpaired) electrons. The van der Waals surface area contributed by atoms with Crippen LogP contribution in [0.5, 0.6) is 0 Å². The van der Waals surface area contributed by atoms with Crippen LogP contribution >= 0.6 is 0 Å². The molecule has 1 aliphatic rings. The van der Waals surface area contributed by atoms with Gasteiger partial charge in [0.2, 0.25) is 5.91 Å². The Morgan fingerprint density at radius 1 is 1.14 bits per heavy atom. The van der Waals surface area contributed by atoms with Gasteiger partial charge in [-0.25, -0.2) is 4.79 Å². The molecular formula is C14H27N3O4. The minimum Gasteiger partial charge on any atom is -0.444 e. The summed E-state index contributed by atoms with van der Waals surface area (Å²) in [6.07, 6.45) is 0.176. The summed E-state index contributed by atoms with van der Waals surface area (Å²) < 4.78 is 10.1. The van der Waals surface area contributed by atoms with Crippen molar-refractivity contribution >= 4 is 12.0 Å². The number of methoxy groups -OCH3 is 1. The van der Waals surface area contributed by atoms with Gasteiger partial charge in [0.25, 0.3) is 0 Å². The maximum atomic E-state index is 11.9. The third-order valence-electron chi connectivity index (χ3n) is 3.09. The third kappa shape index (κ3) is 7.29. The number of nitrogens with one attached hydrogen (secondary N) is 1. The largest absolute Gasteiger partial charge is 0.444 e. The Labute approximate surface area is 126 Å². The molecule has 0 saturated carbocycles. The van der Waals surface area contributed by atoms with Crippen LogP contribution in [-0.2, 0) is 14.3 Å². The van der Waals surface area contributed by atoms with Crippen molar-refractivity contribution in [3.8, 4) is 0 Å². The summed E-state index contributed by atoms with van der Waals surface area (Å²) in [5, 5.41) is 2.65. The lowest BCUT2D eigenvalue weighted by Crippen LogP contribution is -2.50. The second-order valence-corrected chi connectivity index (χ2v) is 6.09. The molecule has 2 amide bonds. The number of rotatable bonds is 5. The highest BCUT2D eigenvalue weighted by atomic mass is 16.6. The molecule has 0 aromatic heterocycles. The molecule has 1 rings (SSSR count). The number of piperazine rings is 1. The molecule has 21 heavy (non-hydrogen) atoms. The van der Waals surface area contributed by atoms with Gasteiger partial charge in [0.05, 0.1) is 0 Å². The van der Waals surface area contributed by atoms with Crippen molar-refractivity contribution in [2.75, 3.05) is 46.6 Å². The van der Waals surface area contributed by atoms with Crippen LogP contribution in [0.25, 0.3) is 0 Å². The van der Waals surface area contributed by atoms with Gasteiger partial charge in [-0.15, -0.1) is 0 Å². The monoisotopic (exact) mass is 301 g/mol. The topological polar surface area (TPSA) is 71.1 Å². The first-order chi connectivity index (χ1) is 9.81. The van der Waals surface area contributed by atoms with E-state index in [9.17, 15) is 9.59 Å². The lowest BCUT2D eigenvalue weighted by molar-refractivity contribution is -0.123. The van der Waals surface area contributed by atoms with Crippen LogP contribution < -0.4 is 5.32 Å². The fraction of sp³-hybridized carbons (Fsp3) is 0.857. The predicted molar refractivity (Wildman–Crippen MR) is 78.9 cm³/mol. The molecule has 0 bridgehead atoms. The van der Waals surface area contributed by atoms with Crippen LogP contribution in [0.2, 0.25) is 0 Å². The molecule has 0 aliphatic carbocycles. The van der Waals surface area contributed by atoms with E-state index in [1.54, 1.807) is 4.90 Å². The SMILES string of the molecule is COCNC(=O)CCN1CCN(C(=O)OC(C)(C)C)CC1. The fourth-order valence-corrected chi connectivity index (χ4v) is 1.98. The Morgan fingerprint density at radius 2 is 1.76 bits per heavy atom. The molecule has 7 heteroatoms. The van der Waals surface area contributed by atoms with Crippen molar-refractivity contribution in [3.63, 3.8) is 0 Å². The van der Waals surface area contributed by atoms with Gasteiger partial charge < -0.3 is 19.7 Å². The van der Waals surface area contributed by atoms with Gasteiger partial charge in [-0.3, -0.25) is 9.69 Å². The first-order valence-corrected chi connectivity index (χ1v) is 7.28. The van der Waals surface area contributed by atoms with Gasteiger partial charge in [0, 0.05) is 46.3 Å². The van der Waals surface area contributed by atoms with Gasteiger partial charge in [-0.05, 0) is 20.8 Å². The lowest BCUT2D eigenvalue weighted by Gasteiger charge is -2.35. The van der Waals surface area contributed by atoms with Gasteiger partial charge in [0.1, 0.15) is 12.3 Å². The Hall–Kier alpha value is -1.34. The van der Waals surface area contributed by atoms with E-state index in [1.165, 1.54) is 7.11 Å². The number of amides is 2. The molecular weight excluding hydrogens is 274 g/mol. The summed E-state index contributed by atoms with van der Waals surface area (Å²) in [5.41, 5.74) is -0.465. The van der Waals surface area contributed by atoms with Crippen LogP contribution in [0.15, 0.2) is 0 Å². The molecule has 0 spiro atoms. The number of carbonyl (C=O) groups excluding carboxylic acids is 2. The van der Waals surface area contributed by atoms with Crippen LogP contribution in [0.3, 0.4) is 0 Å². The molecule has 0 atom stereocenters. The highest BCUT2D eigenvalue weighted by molar-refractivity contribution is 5.75. The number of hydrogen-bond donors (Lipinski definition) is 1. The van der Waals surface area contributed by atoms with Crippen molar-refractivity contribution in [2.24, 2.45) is 0 Å². The van der Waals surface area contributed by atoms with Crippen molar-refractivity contribution in [2.45, 2.75) is 32.8 Å². The normalized spacial score (nSPS) is 16.7. The molecule has 1 fully saturated rings. The zero-order valence-corrected chi connectivity index (χ0v) is 13.5. The second-order valence-electron chi connectivity index (χ2n) is 6.09. The van der Waals surface area contributed by atoms with E-state index in [0.29, 0.717) is 26.1 Å². The maximum absolute atomic E-state index is 11.9.